The van der Waals surface area contributed by atoms with Crippen molar-refractivity contribution in [2.45, 2.75) is 13.5 Å². The average molecular weight is 257 g/mol. The van der Waals surface area contributed by atoms with E-state index in [0.29, 0.717) is 18.8 Å². The summed E-state index contributed by atoms with van der Waals surface area (Å²) in [5.74, 6) is 0.435. The number of hydrogen-bond acceptors (Lipinski definition) is 4. The molecule has 2 rings (SSSR count). The second-order valence-corrected chi connectivity index (χ2v) is 3.86. The monoisotopic (exact) mass is 257 g/mol. The molecule has 0 amide bonds. The summed E-state index contributed by atoms with van der Waals surface area (Å²) in [5, 5.41) is 0. The molecule has 0 atom stereocenters. The van der Waals surface area contributed by atoms with Gasteiger partial charge in [0.1, 0.15) is 12.4 Å². The summed E-state index contributed by atoms with van der Waals surface area (Å²) in [4.78, 5) is 15.6. The van der Waals surface area contributed by atoms with Crippen LogP contribution in [0.25, 0.3) is 0 Å². The lowest BCUT2D eigenvalue weighted by molar-refractivity contribution is 0.0526. The molecule has 4 heteroatoms. The zero-order valence-electron chi connectivity index (χ0n) is 10.7. The first kappa shape index (κ1) is 13.1. The van der Waals surface area contributed by atoms with Gasteiger partial charge in [-0.3, -0.25) is 4.98 Å². The predicted molar refractivity (Wildman–Crippen MR) is 71.0 cm³/mol. The normalized spacial score (nSPS) is 9.95. The van der Waals surface area contributed by atoms with Crippen molar-refractivity contribution >= 4 is 5.97 Å². The highest BCUT2D eigenvalue weighted by Gasteiger charge is 2.06. The molecule has 0 fully saturated rings. The van der Waals surface area contributed by atoms with Crippen molar-refractivity contribution in [3.8, 4) is 5.75 Å². The van der Waals surface area contributed by atoms with Gasteiger partial charge in [0.25, 0.3) is 0 Å². The fourth-order valence-electron chi connectivity index (χ4n) is 1.52. The molecule has 4 nitrogen and oxygen atoms in total. The molecule has 1 aromatic heterocycles. The van der Waals surface area contributed by atoms with Crippen molar-refractivity contribution in [3.63, 3.8) is 0 Å². The van der Waals surface area contributed by atoms with Gasteiger partial charge in [-0.05, 0) is 31.2 Å². The van der Waals surface area contributed by atoms with Crippen molar-refractivity contribution in [1.82, 2.24) is 4.98 Å². The van der Waals surface area contributed by atoms with Crippen molar-refractivity contribution in [2.24, 2.45) is 0 Å². The first-order chi connectivity index (χ1) is 9.29. The van der Waals surface area contributed by atoms with Crippen molar-refractivity contribution < 1.29 is 14.3 Å². The fraction of sp³-hybridized carbons (Fsp3) is 0.200. The molecule has 2 aromatic rings. The molecule has 1 heterocycles. The molecular weight excluding hydrogens is 242 g/mol. The third-order valence-corrected chi connectivity index (χ3v) is 2.47. The van der Waals surface area contributed by atoms with E-state index in [9.17, 15) is 4.79 Å². The van der Waals surface area contributed by atoms with E-state index in [-0.39, 0.29) is 5.97 Å². The maximum atomic E-state index is 11.4. The number of rotatable bonds is 5. The third-order valence-electron chi connectivity index (χ3n) is 2.47. The van der Waals surface area contributed by atoms with Crippen LogP contribution in [0.5, 0.6) is 5.75 Å². The number of pyridine rings is 1. The maximum absolute atomic E-state index is 11.4. The van der Waals surface area contributed by atoms with E-state index in [0.717, 1.165) is 11.4 Å². The van der Waals surface area contributed by atoms with Crippen LogP contribution >= 0.6 is 0 Å². The molecule has 0 saturated heterocycles. The summed E-state index contributed by atoms with van der Waals surface area (Å²) < 4.78 is 10.4. The number of carbonyl (C=O) groups is 1. The van der Waals surface area contributed by atoms with E-state index < -0.39 is 0 Å². The Balaban J connectivity index is 1.94. The molecule has 19 heavy (non-hydrogen) atoms. The highest BCUT2D eigenvalue weighted by molar-refractivity contribution is 5.88. The van der Waals surface area contributed by atoms with E-state index in [2.05, 4.69) is 4.98 Å². The standard InChI is InChI=1S/C15H15NO3/c1-2-18-15(17)12-8-9-13(16-10-12)11-19-14-6-4-3-5-7-14/h3-10H,2,11H2,1H3. The Labute approximate surface area is 112 Å². The molecule has 0 aliphatic carbocycles. The van der Waals surface area contributed by atoms with E-state index in [1.807, 2.05) is 30.3 Å². The van der Waals surface area contributed by atoms with Crippen molar-refractivity contribution in [3.05, 3.63) is 59.9 Å². The zero-order chi connectivity index (χ0) is 13.5. The smallest absolute Gasteiger partial charge is 0.339 e. The lowest BCUT2D eigenvalue weighted by Crippen LogP contribution is -2.06. The number of carbonyl (C=O) groups excluding carboxylic acids is 1. The van der Waals surface area contributed by atoms with Crippen molar-refractivity contribution in [1.29, 1.82) is 0 Å². The highest BCUT2D eigenvalue weighted by atomic mass is 16.5. The number of nitrogens with zero attached hydrogens (tertiary/aromatic N) is 1. The van der Waals surface area contributed by atoms with Crippen LogP contribution in [0.4, 0.5) is 0 Å². The van der Waals surface area contributed by atoms with Gasteiger partial charge < -0.3 is 9.47 Å². The van der Waals surface area contributed by atoms with Crippen LogP contribution in [0.15, 0.2) is 48.7 Å². The van der Waals surface area contributed by atoms with Gasteiger partial charge in [-0.1, -0.05) is 18.2 Å². The van der Waals surface area contributed by atoms with Gasteiger partial charge in [-0.2, -0.15) is 0 Å². The summed E-state index contributed by atoms with van der Waals surface area (Å²) in [7, 11) is 0. The number of aromatic nitrogens is 1. The molecule has 0 aliphatic heterocycles. The van der Waals surface area contributed by atoms with Crippen LogP contribution in [-0.2, 0) is 11.3 Å². The third kappa shape index (κ3) is 3.81. The van der Waals surface area contributed by atoms with Gasteiger partial charge in [0.2, 0.25) is 0 Å². The molecule has 98 valence electrons. The van der Waals surface area contributed by atoms with E-state index in [4.69, 9.17) is 9.47 Å². The van der Waals surface area contributed by atoms with E-state index >= 15 is 0 Å². The second-order valence-electron chi connectivity index (χ2n) is 3.86. The second kappa shape index (κ2) is 6.54. The summed E-state index contributed by atoms with van der Waals surface area (Å²) >= 11 is 0. The number of ether oxygens (including phenoxy) is 2. The van der Waals surface area contributed by atoms with Gasteiger partial charge in [-0.25, -0.2) is 4.79 Å². The molecule has 0 spiro atoms. The summed E-state index contributed by atoms with van der Waals surface area (Å²) in [6.07, 6.45) is 1.50. The van der Waals surface area contributed by atoms with Crippen LogP contribution in [0.1, 0.15) is 23.0 Å². The van der Waals surface area contributed by atoms with Crippen LogP contribution in [0.2, 0.25) is 0 Å². The summed E-state index contributed by atoms with van der Waals surface area (Å²) in [6, 6.07) is 13.0. The average Bonchev–Trinajstić information content (AvgIpc) is 2.47. The summed E-state index contributed by atoms with van der Waals surface area (Å²) in [5.41, 5.74) is 1.21. The molecule has 0 N–H and O–H groups in total. The Bertz CT molecular complexity index is 523. The number of benzene rings is 1. The Morgan fingerprint density at radius 3 is 2.58 bits per heavy atom. The Morgan fingerprint density at radius 2 is 1.95 bits per heavy atom. The zero-order valence-corrected chi connectivity index (χ0v) is 10.7. The topological polar surface area (TPSA) is 48.4 Å². The lowest BCUT2D eigenvalue weighted by Gasteiger charge is -2.06. The van der Waals surface area contributed by atoms with Crippen molar-refractivity contribution in [2.75, 3.05) is 6.61 Å². The van der Waals surface area contributed by atoms with Gasteiger partial charge in [0.15, 0.2) is 0 Å². The molecular formula is C15H15NO3. The Morgan fingerprint density at radius 1 is 1.16 bits per heavy atom. The SMILES string of the molecule is CCOC(=O)c1ccc(COc2ccccc2)nc1. The minimum Gasteiger partial charge on any atom is -0.487 e. The molecule has 0 aliphatic rings. The Kier molecular flexibility index (Phi) is 4.50. The minimum atomic E-state index is -0.356. The first-order valence-corrected chi connectivity index (χ1v) is 6.09. The predicted octanol–water partition coefficient (Wildman–Crippen LogP) is 2.84. The lowest BCUT2D eigenvalue weighted by atomic mass is 10.2. The van der Waals surface area contributed by atoms with Gasteiger partial charge in [0, 0.05) is 6.20 Å². The molecule has 0 bridgehead atoms. The van der Waals surface area contributed by atoms with Gasteiger partial charge in [0.05, 0.1) is 17.9 Å². The molecule has 0 saturated carbocycles. The fourth-order valence-corrected chi connectivity index (χ4v) is 1.52. The Hall–Kier alpha value is -2.36. The van der Waals surface area contributed by atoms with Crippen LogP contribution in [0.3, 0.4) is 0 Å². The minimum absolute atomic E-state index is 0.356. The number of esters is 1. The highest BCUT2D eigenvalue weighted by Crippen LogP contribution is 2.11. The maximum Gasteiger partial charge on any atom is 0.339 e. The molecule has 0 unspecified atom stereocenters. The quantitative estimate of drug-likeness (QED) is 0.773. The molecule has 0 radical (unpaired) electrons. The first-order valence-electron chi connectivity index (χ1n) is 6.09. The van der Waals surface area contributed by atoms with Crippen LogP contribution < -0.4 is 4.74 Å². The van der Waals surface area contributed by atoms with Gasteiger partial charge in [-0.15, -0.1) is 0 Å². The van der Waals surface area contributed by atoms with Crippen LogP contribution in [0, 0.1) is 0 Å². The van der Waals surface area contributed by atoms with E-state index in [1.54, 1.807) is 19.1 Å². The van der Waals surface area contributed by atoms with Crippen LogP contribution in [-0.4, -0.2) is 17.6 Å². The largest absolute Gasteiger partial charge is 0.487 e. The summed E-state index contributed by atoms with van der Waals surface area (Å²) in [6.45, 7) is 2.50. The van der Waals surface area contributed by atoms with E-state index in [1.165, 1.54) is 6.20 Å². The van der Waals surface area contributed by atoms with Gasteiger partial charge >= 0.3 is 5.97 Å². The number of para-hydroxylation sites is 1. The molecule has 1 aromatic carbocycles. The number of hydrogen-bond donors (Lipinski definition) is 0.